The topological polar surface area (TPSA) is 55.1 Å². The molecule has 0 radical (unpaired) electrons. The highest BCUT2D eigenvalue weighted by Crippen LogP contribution is 2.22. The van der Waals surface area contributed by atoms with Gasteiger partial charge in [-0.3, -0.25) is 4.79 Å². The van der Waals surface area contributed by atoms with Gasteiger partial charge in [-0.2, -0.15) is 0 Å². The summed E-state index contributed by atoms with van der Waals surface area (Å²) in [5, 5.41) is 2.52. The maximum absolute atomic E-state index is 13.6. The van der Waals surface area contributed by atoms with Crippen molar-refractivity contribution >= 4 is 55.8 Å². The summed E-state index contributed by atoms with van der Waals surface area (Å²) >= 11 is 5.40. The van der Waals surface area contributed by atoms with Crippen LogP contribution in [0.4, 0.5) is 15.8 Å². The van der Waals surface area contributed by atoms with Crippen LogP contribution < -0.4 is 11.1 Å². The molecule has 0 spiro atoms. The first-order chi connectivity index (χ1) is 8.97. The van der Waals surface area contributed by atoms with Gasteiger partial charge in [-0.25, -0.2) is 4.39 Å². The first-order valence-corrected chi connectivity index (χ1v) is 7.16. The number of nitrogen functional groups attached to an aromatic ring is 1. The van der Waals surface area contributed by atoms with Crippen LogP contribution in [0.1, 0.15) is 10.4 Å². The molecular weight excluding hydrogens is 426 g/mol. The van der Waals surface area contributed by atoms with Crippen molar-refractivity contribution in [1.29, 1.82) is 0 Å². The van der Waals surface area contributed by atoms with E-state index in [1.807, 2.05) is 6.07 Å². The Morgan fingerprint density at radius 1 is 1.26 bits per heavy atom. The van der Waals surface area contributed by atoms with E-state index in [9.17, 15) is 9.18 Å². The molecule has 0 aliphatic carbocycles. The molecule has 0 atom stereocenters. The van der Waals surface area contributed by atoms with Crippen molar-refractivity contribution in [2.75, 3.05) is 11.1 Å². The van der Waals surface area contributed by atoms with Gasteiger partial charge in [0, 0.05) is 13.7 Å². The summed E-state index contributed by atoms with van der Waals surface area (Å²) in [5.74, 6) is -0.941. The van der Waals surface area contributed by atoms with E-state index in [0.717, 1.165) is 3.57 Å². The molecule has 3 nitrogen and oxygen atoms in total. The fourth-order valence-corrected chi connectivity index (χ4v) is 2.41. The molecule has 2 aromatic rings. The number of hydrogen-bond donors (Lipinski definition) is 2. The number of amides is 1. The SMILES string of the molecule is Nc1ccc(NC(=O)c2cc(I)ccc2Br)c(F)c1. The first kappa shape index (κ1) is 14.3. The lowest BCUT2D eigenvalue weighted by atomic mass is 10.2. The van der Waals surface area contributed by atoms with Gasteiger partial charge in [-0.1, -0.05) is 0 Å². The molecule has 2 aromatic carbocycles. The highest BCUT2D eigenvalue weighted by molar-refractivity contribution is 14.1. The van der Waals surface area contributed by atoms with E-state index in [2.05, 4.69) is 43.8 Å². The predicted molar refractivity (Wildman–Crippen MR) is 85.6 cm³/mol. The summed E-state index contributed by atoms with van der Waals surface area (Å²) in [5.41, 5.74) is 6.31. The quantitative estimate of drug-likeness (QED) is 0.553. The Balaban J connectivity index is 2.28. The molecule has 0 unspecified atom stereocenters. The number of anilines is 2. The maximum Gasteiger partial charge on any atom is 0.256 e. The van der Waals surface area contributed by atoms with Gasteiger partial charge in [0.05, 0.1) is 11.3 Å². The number of rotatable bonds is 2. The molecule has 6 heteroatoms. The van der Waals surface area contributed by atoms with Crippen LogP contribution in [0.15, 0.2) is 40.9 Å². The summed E-state index contributed by atoms with van der Waals surface area (Å²) < 4.78 is 15.2. The van der Waals surface area contributed by atoms with E-state index < -0.39 is 5.82 Å². The minimum atomic E-state index is -0.560. The highest BCUT2D eigenvalue weighted by Gasteiger charge is 2.13. The minimum absolute atomic E-state index is 0.102. The normalized spacial score (nSPS) is 10.3. The number of halogens is 3. The Labute approximate surface area is 131 Å². The summed E-state index contributed by atoms with van der Waals surface area (Å²) in [6.45, 7) is 0. The van der Waals surface area contributed by atoms with E-state index in [-0.39, 0.29) is 11.6 Å². The van der Waals surface area contributed by atoms with E-state index in [1.54, 1.807) is 12.1 Å². The molecule has 0 aromatic heterocycles. The average molecular weight is 435 g/mol. The van der Waals surface area contributed by atoms with Gasteiger partial charge in [0.2, 0.25) is 0 Å². The van der Waals surface area contributed by atoms with Gasteiger partial charge >= 0.3 is 0 Å². The zero-order valence-corrected chi connectivity index (χ0v) is 13.3. The average Bonchev–Trinajstić information content (AvgIpc) is 2.35. The zero-order chi connectivity index (χ0) is 14.0. The molecule has 0 aliphatic rings. The van der Waals surface area contributed by atoms with Crippen LogP contribution >= 0.6 is 38.5 Å². The third kappa shape index (κ3) is 3.44. The lowest BCUT2D eigenvalue weighted by Gasteiger charge is -2.08. The highest BCUT2D eigenvalue weighted by atomic mass is 127. The second-order valence-electron chi connectivity index (χ2n) is 3.82. The Bertz CT molecular complexity index is 649. The minimum Gasteiger partial charge on any atom is -0.399 e. The molecule has 0 saturated carbocycles. The second-order valence-corrected chi connectivity index (χ2v) is 5.92. The fraction of sp³-hybridized carbons (Fsp3) is 0. The van der Waals surface area contributed by atoms with Gasteiger partial charge in [0.1, 0.15) is 5.82 Å². The Hall–Kier alpha value is -1.15. The summed E-state index contributed by atoms with van der Waals surface area (Å²) in [4.78, 5) is 12.1. The number of nitrogens with one attached hydrogen (secondary N) is 1. The van der Waals surface area contributed by atoms with Crippen molar-refractivity contribution in [2.45, 2.75) is 0 Å². The van der Waals surface area contributed by atoms with Crippen LogP contribution in [0.2, 0.25) is 0 Å². The Morgan fingerprint density at radius 2 is 2.00 bits per heavy atom. The van der Waals surface area contributed by atoms with Crippen molar-refractivity contribution in [1.82, 2.24) is 0 Å². The summed E-state index contributed by atoms with van der Waals surface area (Å²) in [7, 11) is 0. The van der Waals surface area contributed by atoms with Gasteiger partial charge in [0.15, 0.2) is 0 Å². The van der Waals surface area contributed by atoms with Gasteiger partial charge < -0.3 is 11.1 Å². The number of carbonyl (C=O) groups excluding carboxylic acids is 1. The van der Waals surface area contributed by atoms with Crippen molar-refractivity contribution in [2.24, 2.45) is 0 Å². The molecule has 3 N–H and O–H groups in total. The fourth-order valence-electron chi connectivity index (χ4n) is 1.49. The molecule has 0 saturated heterocycles. The molecule has 2 rings (SSSR count). The van der Waals surface area contributed by atoms with Crippen molar-refractivity contribution < 1.29 is 9.18 Å². The van der Waals surface area contributed by atoms with Crippen molar-refractivity contribution in [3.05, 3.63) is 55.8 Å². The van der Waals surface area contributed by atoms with E-state index in [4.69, 9.17) is 5.73 Å². The molecule has 1 amide bonds. The lowest BCUT2D eigenvalue weighted by Crippen LogP contribution is -2.14. The third-order valence-corrected chi connectivity index (χ3v) is 3.78. The van der Waals surface area contributed by atoms with Crippen molar-refractivity contribution in [3.8, 4) is 0 Å². The molecule has 0 heterocycles. The smallest absolute Gasteiger partial charge is 0.256 e. The van der Waals surface area contributed by atoms with E-state index in [0.29, 0.717) is 15.7 Å². The van der Waals surface area contributed by atoms with E-state index in [1.165, 1.54) is 18.2 Å². The Kier molecular flexibility index (Phi) is 4.41. The molecule has 0 fully saturated rings. The predicted octanol–water partition coefficient (Wildman–Crippen LogP) is 4.03. The zero-order valence-electron chi connectivity index (χ0n) is 9.58. The summed E-state index contributed by atoms with van der Waals surface area (Å²) in [6, 6.07) is 9.49. The maximum atomic E-state index is 13.6. The standard InChI is InChI=1S/C13H9BrFIN2O/c14-10-3-1-7(16)5-9(10)13(19)18-12-4-2-8(17)6-11(12)15/h1-6H,17H2,(H,18,19). The molecule has 0 aliphatic heterocycles. The monoisotopic (exact) mass is 434 g/mol. The third-order valence-electron chi connectivity index (χ3n) is 2.41. The van der Waals surface area contributed by atoms with Crippen LogP contribution in [0, 0.1) is 9.39 Å². The number of benzene rings is 2. The number of hydrogen-bond acceptors (Lipinski definition) is 2. The van der Waals surface area contributed by atoms with Crippen molar-refractivity contribution in [3.63, 3.8) is 0 Å². The largest absolute Gasteiger partial charge is 0.399 e. The van der Waals surface area contributed by atoms with Crippen LogP contribution in [-0.4, -0.2) is 5.91 Å². The van der Waals surface area contributed by atoms with Crippen LogP contribution in [0.5, 0.6) is 0 Å². The van der Waals surface area contributed by atoms with Crippen LogP contribution in [0.25, 0.3) is 0 Å². The van der Waals surface area contributed by atoms with Gasteiger partial charge in [-0.05, 0) is 74.9 Å². The summed E-state index contributed by atoms with van der Waals surface area (Å²) in [6.07, 6.45) is 0. The second kappa shape index (κ2) is 5.87. The van der Waals surface area contributed by atoms with Gasteiger partial charge in [0.25, 0.3) is 5.91 Å². The molecular formula is C13H9BrFIN2O. The van der Waals surface area contributed by atoms with E-state index >= 15 is 0 Å². The molecule has 19 heavy (non-hydrogen) atoms. The van der Waals surface area contributed by atoms with Crippen LogP contribution in [-0.2, 0) is 0 Å². The lowest BCUT2D eigenvalue weighted by molar-refractivity contribution is 0.102. The van der Waals surface area contributed by atoms with Gasteiger partial charge in [-0.15, -0.1) is 0 Å². The number of nitrogens with two attached hydrogens (primary N) is 1. The first-order valence-electron chi connectivity index (χ1n) is 5.29. The number of carbonyl (C=O) groups is 1. The molecule has 0 bridgehead atoms. The van der Waals surface area contributed by atoms with Crippen LogP contribution in [0.3, 0.4) is 0 Å². The Morgan fingerprint density at radius 3 is 2.68 bits per heavy atom. The molecule has 98 valence electrons.